The summed E-state index contributed by atoms with van der Waals surface area (Å²) in [7, 11) is 0. The molecule has 1 amide bonds. The third kappa shape index (κ3) is 3.82. The lowest BCUT2D eigenvalue weighted by molar-refractivity contribution is -0.0626. The smallest absolute Gasteiger partial charge is 0.413 e. The summed E-state index contributed by atoms with van der Waals surface area (Å²) < 4.78 is 11.2. The van der Waals surface area contributed by atoms with E-state index >= 15 is 0 Å². The zero-order chi connectivity index (χ0) is 17.4. The van der Waals surface area contributed by atoms with E-state index in [1.54, 1.807) is 17.0 Å². The summed E-state index contributed by atoms with van der Waals surface area (Å²) >= 11 is 0. The molecule has 0 aromatic heterocycles. The van der Waals surface area contributed by atoms with Gasteiger partial charge >= 0.3 is 12.1 Å². The second-order valence-electron chi connectivity index (χ2n) is 7.05. The molecule has 1 aromatic carbocycles. The highest BCUT2D eigenvalue weighted by atomic mass is 16.6. The maximum Gasteiger partial charge on any atom is 0.413 e. The van der Waals surface area contributed by atoms with Crippen molar-refractivity contribution >= 4 is 12.1 Å². The number of amides is 1. The molecule has 1 saturated heterocycles. The summed E-state index contributed by atoms with van der Waals surface area (Å²) in [4.78, 5) is 25.1. The van der Waals surface area contributed by atoms with Crippen LogP contribution in [0.1, 0.15) is 56.6 Å². The molecule has 126 valence electrons. The molecule has 0 spiro atoms. The van der Waals surface area contributed by atoms with Crippen molar-refractivity contribution < 1.29 is 24.2 Å². The van der Waals surface area contributed by atoms with Crippen molar-refractivity contribution in [2.75, 3.05) is 6.61 Å². The zero-order valence-electron chi connectivity index (χ0n) is 14.1. The first-order chi connectivity index (χ1) is 10.5. The Hall–Kier alpha value is -2.08. The quantitative estimate of drug-likeness (QED) is 0.903. The minimum atomic E-state index is -0.983. The van der Waals surface area contributed by atoms with Crippen LogP contribution in [0.3, 0.4) is 0 Å². The summed E-state index contributed by atoms with van der Waals surface area (Å²) in [6.45, 7) is 9.38. The van der Waals surface area contributed by atoms with Crippen molar-refractivity contribution in [1.82, 2.24) is 4.90 Å². The lowest BCUT2D eigenvalue weighted by atomic mass is 10.0. The molecule has 1 aliphatic rings. The van der Waals surface area contributed by atoms with Gasteiger partial charge in [-0.05, 0) is 52.3 Å². The molecule has 1 aliphatic heterocycles. The van der Waals surface area contributed by atoms with Crippen LogP contribution in [0.5, 0.6) is 0 Å². The number of rotatable bonds is 2. The van der Waals surface area contributed by atoms with E-state index in [4.69, 9.17) is 14.6 Å². The Morgan fingerprint density at radius 1 is 1.26 bits per heavy atom. The van der Waals surface area contributed by atoms with Crippen LogP contribution in [0.4, 0.5) is 4.79 Å². The normalized spacial score (nSPS) is 20.4. The fourth-order valence-electron chi connectivity index (χ4n) is 2.55. The first-order valence-corrected chi connectivity index (χ1v) is 7.51. The van der Waals surface area contributed by atoms with Crippen molar-refractivity contribution in [3.8, 4) is 0 Å². The Labute approximate surface area is 136 Å². The number of ether oxygens (including phenoxy) is 2. The van der Waals surface area contributed by atoms with E-state index < -0.39 is 23.4 Å². The molecule has 6 heteroatoms. The van der Waals surface area contributed by atoms with Crippen LogP contribution in [-0.2, 0) is 9.47 Å². The average molecular weight is 321 g/mol. The molecule has 0 radical (unpaired) electrons. The maximum absolute atomic E-state index is 12.6. The molecule has 1 N–H and O–H groups in total. The van der Waals surface area contributed by atoms with Gasteiger partial charge in [0.15, 0.2) is 0 Å². The highest BCUT2D eigenvalue weighted by molar-refractivity contribution is 5.87. The third-order valence-electron chi connectivity index (χ3n) is 3.62. The molecule has 1 aromatic rings. The molecular weight excluding hydrogens is 298 g/mol. The monoisotopic (exact) mass is 321 g/mol. The molecule has 1 unspecified atom stereocenters. The van der Waals surface area contributed by atoms with E-state index in [1.807, 2.05) is 34.6 Å². The van der Waals surface area contributed by atoms with Crippen LogP contribution < -0.4 is 0 Å². The molecule has 1 atom stereocenters. The maximum atomic E-state index is 12.6. The topological polar surface area (TPSA) is 76.1 Å². The second kappa shape index (κ2) is 5.85. The Morgan fingerprint density at radius 3 is 2.30 bits per heavy atom. The average Bonchev–Trinajstić information content (AvgIpc) is 2.72. The number of benzene rings is 1. The van der Waals surface area contributed by atoms with Crippen molar-refractivity contribution in [2.24, 2.45) is 0 Å². The van der Waals surface area contributed by atoms with Crippen molar-refractivity contribution in [2.45, 2.75) is 52.0 Å². The van der Waals surface area contributed by atoms with Gasteiger partial charge in [0.1, 0.15) is 11.3 Å². The molecule has 1 fully saturated rings. The van der Waals surface area contributed by atoms with Crippen LogP contribution in [-0.4, -0.2) is 40.0 Å². The van der Waals surface area contributed by atoms with Gasteiger partial charge in [-0.15, -0.1) is 0 Å². The number of hydrogen-bond acceptors (Lipinski definition) is 4. The molecule has 0 aliphatic carbocycles. The number of nitrogens with zero attached hydrogens (tertiary/aromatic N) is 1. The number of carbonyl (C=O) groups is 2. The predicted molar refractivity (Wildman–Crippen MR) is 84.2 cm³/mol. The number of carboxylic acids is 1. The van der Waals surface area contributed by atoms with E-state index in [9.17, 15) is 9.59 Å². The zero-order valence-corrected chi connectivity index (χ0v) is 14.1. The second-order valence-corrected chi connectivity index (χ2v) is 7.05. The van der Waals surface area contributed by atoms with Gasteiger partial charge in [0, 0.05) is 0 Å². The summed E-state index contributed by atoms with van der Waals surface area (Å²) in [6, 6.07) is 6.14. The van der Waals surface area contributed by atoms with Gasteiger partial charge in [0.25, 0.3) is 0 Å². The van der Waals surface area contributed by atoms with Gasteiger partial charge in [-0.1, -0.05) is 12.1 Å². The van der Waals surface area contributed by atoms with E-state index in [-0.39, 0.29) is 11.6 Å². The van der Waals surface area contributed by atoms with Crippen LogP contribution >= 0.6 is 0 Å². The van der Waals surface area contributed by atoms with Crippen LogP contribution in [0.15, 0.2) is 24.3 Å². The van der Waals surface area contributed by atoms with Gasteiger partial charge in [-0.25, -0.2) is 9.59 Å². The molecule has 23 heavy (non-hydrogen) atoms. The minimum absolute atomic E-state index is 0.204. The number of hydrogen-bond donors (Lipinski definition) is 1. The van der Waals surface area contributed by atoms with Crippen LogP contribution in [0.2, 0.25) is 0 Å². The van der Waals surface area contributed by atoms with Crippen molar-refractivity contribution in [3.63, 3.8) is 0 Å². The van der Waals surface area contributed by atoms with Crippen LogP contribution in [0, 0.1) is 0 Å². The number of aromatic carboxylic acids is 1. The van der Waals surface area contributed by atoms with Crippen molar-refractivity contribution in [1.29, 1.82) is 0 Å². The summed E-state index contributed by atoms with van der Waals surface area (Å²) in [5.41, 5.74) is -0.381. The summed E-state index contributed by atoms with van der Waals surface area (Å²) in [5.74, 6) is -0.983. The van der Waals surface area contributed by atoms with Gasteiger partial charge in [0.2, 0.25) is 0 Å². The van der Waals surface area contributed by atoms with Gasteiger partial charge in [-0.3, -0.25) is 4.90 Å². The predicted octanol–water partition coefficient (Wildman–Crippen LogP) is 3.43. The highest BCUT2D eigenvalue weighted by Crippen LogP contribution is 2.38. The molecule has 1 heterocycles. The Bertz CT molecular complexity index is 600. The first-order valence-electron chi connectivity index (χ1n) is 7.51. The van der Waals surface area contributed by atoms with E-state index in [0.29, 0.717) is 6.61 Å². The highest BCUT2D eigenvalue weighted by Gasteiger charge is 2.46. The minimum Gasteiger partial charge on any atom is -0.478 e. The van der Waals surface area contributed by atoms with E-state index in [0.717, 1.165) is 5.56 Å². The van der Waals surface area contributed by atoms with E-state index in [2.05, 4.69) is 0 Å². The first kappa shape index (κ1) is 17.3. The molecule has 6 nitrogen and oxygen atoms in total. The SMILES string of the molecule is CC(C)(C)OC(=O)N1C(c2ccc(C(=O)O)cc2)COC1(C)C. The Kier molecular flexibility index (Phi) is 4.39. The fourth-order valence-corrected chi connectivity index (χ4v) is 2.55. The molecule has 0 bridgehead atoms. The molecule has 0 saturated carbocycles. The Morgan fingerprint density at radius 2 is 1.83 bits per heavy atom. The number of carboxylic acid groups (broad SMARTS) is 1. The summed E-state index contributed by atoms with van der Waals surface area (Å²) in [6.07, 6.45) is -0.452. The van der Waals surface area contributed by atoms with Gasteiger partial charge in [0.05, 0.1) is 18.2 Å². The van der Waals surface area contributed by atoms with Gasteiger partial charge < -0.3 is 14.6 Å². The standard InChI is InChI=1S/C17H23NO5/c1-16(2,3)23-15(21)18-13(10-22-17(18,4)5)11-6-8-12(9-7-11)14(19)20/h6-9,13H,10H2,1-5H3,(H,19,20). The molecular formula is C17H23NO5. The van der Waals surface area contributed by atoms with Gasteiger partial charge in [-0.2, -0.15) is 0 Å². The molecule has 2 rings (SSSR count). The lowest BCUT2D eigenvalue weighted by Crippen LogP contribution is -2.47. The van der Waals surface area contributed by atoms with Crippen LogP contribution in [0.25, 0.3) is 0 Å². The largest absolute Gasteiger partial charge is 0.478 e. The summed E-state index contributed by atoms with van der Waals surface area (Å²) in [5, 5.41) is 8.98. The fraction of sp³-hybridized carbons (Fsp3) is 0.529. The third-order valence-corrected chi connectivity index (χ3v) is 3.62. The van der Waals surface area contributed by atoms with E-state index in [1.165, 1.54) is 12.1 Å². The lowest BCUT2D eigenvalue weighted by Gasteiger charge is -2.35. The van der Waals surface area contributed by atoms with Crippen molar-refractivity contribution in [3.05, 3.63) is 35.4 Å². The number of carbonyl (C=O) groups excluding carboxylic acids is 1. The Balaban J connectivity index is 2.29.